The Hall–Kier alpha value is -1.75. The Morgan fingerprint density at radius 2 is 2.12 bits per heavy atom. The van der Waals surface area contributed by atoms with E-state index < -0.39 is 5.97 Å². The van der Waals surface area contributed by atoms with Gasteiger partial charge in [0.1, 0.15) is 5.56 Å². The van der Waals surface area contributed by atoms with Crippen LogP contribution in [0.15, 0.2) is 34.1 Å². The zero-order chi connectivity index (χ0) is 11.3. The van der Waals surface area contributed by atoms with E-state index in [0.29, 0.717) is 16.3 Å². The van der Waals surface area contributed by atoms with Crippen LogP contribution < -0.4 is 5.43 Å². The normalized spacial score (nSPS) is 13.2. The molecule has 0 bridgehead atoms. The van der Waals surface area contributed by atoms with Crippen LogP contribution in [0.2, 0.25) is 0 Å². The summed E-state index contributed by atoms with van der Waals surface area (Å²) in [6.07, 6.45) is 0. The highest BCUT2D eigenvalue weighted by molar-refractivity contribution is 7.99. The van der Waals surface area contributed by atoms with Gasteiger partial charge in [0.2, 0.25) is 5.43 Å². The van der Waals surface area contributed by atoms with Crippen LogP contribution >= 0.6 is 11.8 Å². The number of thioether (sulfide) groups is 1. The summed E-state index contributed by atoms with van der Waals surface area (Å²) in [6, 6.07) is 7.10. The van der Waals surface area contributed by atoms with Crippen molar-refractivity contribution in [1.82, 2.24) is 4.57 Å². The van der Waals surface area contributed by atoms with Gasteiger partial charge in [-0.15, -0.1) is 0 Å². The van der Waals surface area contributed by atoms with Crippen molar-refractivity contribution in [3.63, 3.8) is 0 Å². The summed E-state index contributed by atoms with van der Waals surface area (Å²) in [4.78, 5) is 23.0. The third-order valence-electron chi connectivity index (χ3n) is 2.67. The zero-order valence-corrected chi connectivity index (χ0v) is 8.95. The van der Waals surface area contributed by atoms with Crippen LogP contribution in [0.3, 0.4) is 0 Å². The Kier molecular flexibility index (Phi) is 1.85. The molecule has 16 heavy (non-hydrogen) atoms. The lowest BCUT2D eigenvalue weighted by molar-refractivity contribution is 0.0689. The predicted molar refractivity (Wildman–Crippen MR) is 61.0 cm³/mol. The maximum atomic E-state index is 12.0. The van der Waals surface area contributed by atoms with Crippen LogP contribution in [0.1, 0.15) is 10.4 Å². The Labute approximate surface area is 94.5 Å². The number of carboxylic acid groups (broad SMARTS) is 1. The molecule has 0 atom stereocenters. The van der Waals surface area contributed by atoms with E-state index in [4.69, 9.17) is 5.11 Å². The van der Waals surface area contributed by atoms with Gasteiger partial charge in [-0.1, -0.05) is 23.9 Å². The number of benzene rings is 1. The van der Waals surface area contributed by atoms with Crippen molar-refractivity contribution < 1.29 is 9.90 Å². The molecule has 5 heteroatoms. The summed E-state index contributed by atoms with van der Waals surface area (Å²) in [6.45, 7) is 0. The van der Waals surface area contributed by atoms with Gasteiger partial charge in [-0.05, 0) is 12.1 Å². The Bertz CT molecular complexity index is 675. The zero-order valence-electron chi connectivity index (χ0n) is 8.14. The van der Waals surface area contributed by atoms with E-state index in [1.807, 2.05) is 16.7 Å². The van der Waals surface area contributed by atoms with Gasteiger partial charge in [0.15, 0.2) is 0 Å². The van der Waals surface area contributed by atoms with E-state index in [9.17, 15) is 9.59 Å². The topological polar surface area (TPSA) is 59.3 Å². The fraction of sp³-hybridized carbons (Fsp3) is 0.0909. The molecule has 1 aliphatic rings. The van der Waals surface area contributed by atoms with Crippen molar-refractivity contribution in [2.75, 3.05) is 0 Å². The SMILES string of the molecule is O=C(O)c1c2n(c3ccccc3c1=O)CS2. The van der Waals surface area contributed by atoms with E-state index in [1.54, 1.807) is 12.1 Å². The van der Waals surface area contributed by atoms with E-state index >= 15 is 0 Å². The molecule has 0 amide bonds. The van der Waals surface area contributed by atoms with Crippen molar-refractivity contribution in [1.29, 1.82) is 0 Å². The minimum absolute atomic E-state index is 0.102. The van der Waals surface area contributed by atoms with Crippen molar-refractivity contribution in [3.8, 4) is 0 Å². The van der Waals surface area contributed by atoms with Crippen LogP contribution in [0.25, 0.3) is 10.9 Å². The summed E-state index contributed by atoms with van der Waals surface area (Å²) in [7, 11) is 0. The van der Waals surface area contributed by atoms with Gasteiger partial charge in [0.25, 0.3) is 0 Å². The Morgan fingerprint density at radius 1 is 1.38 bits per heavy atom. The molecule has 3 rings (SSSR count). The first-order chi connectivity index (χ1) is 7.70. The van der Waals surface area contributed by atoms with E-state index in [2.05, 4.69) is 0 Å². The van der Waals surface area contributed by atoms with Gasteiger partial charge in [-0.2, -0.15) is 0 Å². The smallest absolute Gasteiger partial charge is 0.342 e. The second-order valence-corrected chi connectivity index (χ2v) is 4.47. The fourth-order valence-corrected chi connectivity index (χ4v) is 2.85. The third kappa shape index (κ3) is 1.06. The van der Waals surface area contributed by atoms with Crippen LogP contribution in [-0.2, 0) is 5.88 Å². The number of hydrogen-bond donors (Lipinski definition) is 1. The predicted octanol–water partition coefficient (Wildman–Crippen LogP) is 1.76. The lowest BCUT2D eigenvalue weighted by Crippen LogP contribution is -2.25. The van der Waals surface area contributed by atoms with Crippen molar-refractivity contribution >= 4 is 28.6 Å². The molecule has 0 aliphatic carbocycles. The van der Waals surface area contributed by atoms with Crippen LogP contribution in [-0.4, -0.2) is 15.6 Å². The molecule has 0 fully saturated rings. The average molecular weight is 233 g/mol. The number of aromatic nitrogens is 1. The molecule has 1 aliphatic heterocycles. The molecule has 0 unspecified atom stereocenters. The minimum Gasteiger partial charge on any atom is -0.477 e. The summed E-state index contributed by atoms with van der Waals surface area (Å²) < 4.78 is 1.87. The molecule has 0 spiro atoms. The summed E-state index contributed by atoms with van der Waals surface area (Å²) in [5.74, 6) is -0.442. The molecule has 1 aromatic heterocycles. The molecule has 0 radical (unpaired) electrons. The first-order valence-electron chi connectivity index (χ1n) is 4.72. The fourth-order valence-electron chi connectivity index (χ4n) is 1.90. The molecular formula is C11H7NO3S. The summed E-state index contributed by atoms with van der Waals surface area (Å²) in [5.41, 5.74) is 0.322. The number of carboxylic acids is 1. The molecule has 0 saturated carbocycles. The van der Waals surface area contributed by atoms with Crippen LogP contribution in [0.5, 0.6) is 0 Å². The van der Waals surface area contributed by atoms with Gasteiger partial charge in [-0.25, -0.2) is 4.79 Å². The van der Waals surface area contributed by atoms with E-state index in [-0.39, 0.29) is 11.0 Å². The van der Waals surface area contributed by atoms with Gasteiger partial charge in [0.05, 0.1) is 16.4 Å². The highest BCUT2D eigenvalue weighted by Gasteiger charge is 2.27. The van der Waals surface area contributed by atoms with E-state index in [0.717, 1.165) is 5.52 Å². The first-order valence-corrected chi connectivity index (χ1v) is 5.70. The van der Waals surface area contributed by atoms with Gasteiger partial charge >= 0.3 is 5.97 Å². The maximum absolute atomic E-state index is 12.0. The lowest BCUT2D eigenvalue weighted by atomic mass is 10.1. The van der Waals surface area contributed by atoms with Crippen molar-refractivity contribution in [2.24, 2.45) is 0 Å². The highest BCUT2D eigenvalue weighted by Crippen LogP contribution is 2.35. The van der Waals surface area contributed by atoms with Crippen molar-refractivity contribution in [3.05, 3.63) is 40.1 Å². The second-order valence-electron chi connectivity index (χ2n) is 3.53. The molecular weight excluding hydrogens is 226 g/mol. The molecule has 1 aromatic carbocycles. The third-order valence-corrected chi connectivity index (χ3v) is 3.76. The average Bonchev–Trinajstić information content (AvgIpc) is 2.22. The molecule has 4 nitrogen and oxygen atoms in total. The number of para-hydroxylation sites is 1. The largest absolute Gasteiger partial charge is 0.477 e. The number of carbonyl (C=O) groups is 1. The van der Waals surface area contributed by atoms with Crippen LogP contribution in [0.4, 0.5) is 0 Å². The molecule has 80 valence electrons. The maximum Gasteiger partial charge on any atom is 0.342 e. The number of nitrogens with zero attached hydrogens (tertiary/aromatic N) is 1. The summed E-state index contributed by atoms with van der Waals surface area (Å²) >= 11 is 1.40. The Balaban J connectivity index is 2.55. The second kappa shape index (κ2) is 3.12. The number of rotatable bonds is 1. The van der Waals surface area contributed by atoms with Crippen LogP contribution in [0, 0.1) is 0 Å². The number of aromatic carboxylic acids is 1. The van der Waals surface area contributed by atoms with Crippen molar-refractivity contribution in [2.45, 2.75) is 10.9 Å². The van der Waals surface area contributed by atoms with Gasteiger partial charge < -0.3 is 9.67 Å². The molecule has 2 heterocycles. The first kappa shape index (κ1) is 9.47. The Morgan fingerprint density at radius 3 is 2.75 bits per heavy atom. The highest BCUT2D eigenvalue weighted by atomic mass is 32.2. The molecule has 2 aromatic rings. The lowest BCUT2D eigenvalue weighted by Gasteiger charge is -2.25. The summed E-state index contributed by atoms with van der Waals surface area (Å²) in [5, 5.41) is 10.1. The number of fused-ring (bicyclic) bond motifs is 3. The quantitative estimate of drug-likeness (QED) is 0.815. The minimum atomic E-state index is -1.15. The van der Waals surface area contributed by atoms with Gasteiger partial charge in [0, 0.05) is 5.39 Å². The monoisotopic (exact) mass is 233 g/mol. The molecule has 1 N–H and O–H groups in total. The standard InChI is InChI=1S/C11H7NO3S/c13-9-6-3-1-2-4-7(6)12-5-16-10(12)8(9)11(14)15/h1-4H,5H2,(H,14,15). The van der Waals surface area contributed by atoms with Gasteiger partial charge in [-0.3, -0.25) is 4.79 Å². The van der Waals surface area contributed by atoms with E-state index in [1.165, 1.54) is 11.8 Å². The number of hydrogen-bond acceptors (Lipinski definition) is 3. The number of pyridine rings is 1. The molecule has 0 saturated heterocycles.